The number of carbonyl (C=O) groups excluding carboxylic acids is 1. The monoisotopic (exact) mass is 404 g/mol. The van der Waals surface area contributed by atoms with Gasteiger partial charge >= 0.3 is 0 Å². The van der Waals surface area contributed by atoms with Crippen molar-refractivity contribution < 1.29 is 9.90 Å². The second kappa shape index (κ2) is 9.93. The molecule has 2 aromatic rings. The zero-order valence-electron chi connectivity index (χ0n) is 18.2. The smallest absolute Gasteiger partial charge is 0.240 e. The third-order valence-electron chi connectivity index (χ3n) is 5.70. The van der Waals surface area contributed by atoms with Gasteiger partial charge < -0.3 is 15.3 Å². The lowest BCUT2D eigenvalue weighted by molar-refractivity contribution is -0.139. The minimum Gasteiger partial charge on any atom is -0.393 e. The van der Waals surface area contributed by atoms with Crippen LogP contribution in [0.25, 0.3) is 10.8 Å². The molecule has 0 saturated carbocycles. The Balaban J connectivity index is 1.52. The molecule has 0 spiro atoms. The lowest BCUT2D eigenvalue weighted by Gasteiger charge is -2.33. The Kier molecular flexibility index (Phi) is 7.31. The Hall–Kier alpha value is -2.61. The Bertz CT molecular complexity index is 954. The topological polar surface area (TPSA) is 52.6 Å². The third kappa shape index (κ3) is 5.50. The molecule has 1 heterocycles. The molecule has 1 saturated heterocycles. The van der Waals surface area contributed by atoms with Crippen LogP contribution in [0.5, 0.6) is 0 Å². The van der Waals surface area contributed by atoms with Gasteiger partial charge in [0.25, 0.3) is 0 Å². The molecule has 1 aliphatic rings. The van der Waals surface area contributed by atoms with Crippen LogP contribution in [-0.4, -0.2) is 41.7 Å². The number of aliphatic hydroxyl groups excluding tert-OH is 1. The van der Waals surface area contributed by atoms with Gasteiger partial charge in [-0.2, -0.15) is 0 Å². The Labute approximate surface area is 180 Å². The molecule has 3 rings (SSSR count). The molecule has 1 aliphatic heterocycles. The molecule has 30 heavy (non-hydrogen) atoms. The van der Waals surface area contributed by atoms with E-state index in [9.17, 15) is 9.90 Å². The van der Waals surface area contributed by atoms with E-state index in [4.69, 9.17) is 0 Å². The highest BCUT2D eigenvalue weighted by Crippen LogP contribution is 2.24. The van der Waals surface area contributed by atoms with Crippen molar-refractivity contribution in [3.8, 4) is 11.8 Å². The maximum atomic E-state index is 12.7. The number of nitrogens with one attached hydrogen (secondary N) is 1. The fourth-order valence-electron chi connectivity index (χ4n) is 3.84. The second-order valence-electron chi connectivity index (χ2n) is 8.52. The van der Waals surface area contributed by atoms with Crippen molar-refractivity contribution in [3.63, 3.8) is 0 Å². The van der Waals surface area contributed by atoms with Crippen molar-refractivity contribution in [1.29, 1.82) is 0 Å². The number of likely N-dealkylation sites (tertiary alicyclic amines) is 1. The SMILES string of the molecule is C[C@@H](NCC=CC#CC(C)(C)C(=O)N1CCC(O)CC1)c1cccc2ccccc12. The molecule has 0 bridgehead atoms. The minimum atomic E-state index is -0.726. The molecule has 158 valence electrons. The van der Waals surface area contributed by atoms with E-state index in [2.05, 4.69) is 66.5 Å². The zero-order chi connectivity index (χ0) is 21.6. The van der Waals surface area contributed by atoms with E-state index in [1.807, 2.05) is 30.9 Å². The molecule has 0 aromatic heterocycles. The molecule has 4 heteroatoms. The predicted octanol–water partition coefficient (Wildman–Crippen LogP) is 4.06. The van der Waals surface area contributed by atoms with E-state index in [0.717, 1.165) is 0 Å². The summed E-state index contributed by atoms with van der Waals surface area (Å²) in [6.45, 7) is 7.81. The van der Waals surface area contributed by atoms with Crippen molar-refractivity contribution in [1.82, 2.24) is 10.2 Å². The molecule has 0 radical (unpaired) electrons. The number of carbonyl (C=O) groups is 1. The van der Waals surface area contributed by atoms with Crippen LogP contribution in [0.3, 0.4) is 0 Å². The van der Waals surface area contributed by atoms with E-state index in [1.165, 1.54) is 16.3 Å². The van der Waals surface area contributed by atoms with Gasteiger partial charge in [0.1, 0.15) is 5.41 Å². The third-order valence-corrected chi connectivity index (χ3v) is 5.70. The van der Waals surface area contributed by atoms with Crippen LogP contribution in [0.1, 0.15) is 45.2 Å². The lowest BCUT2D eigenvalue weighted by atomic mass is 9.91. The molecule has 1 amide bonds. The highest BCUT2D eigenvalue weighted by molar-refractivity contribution is 5.86. The van der Waals surface area contributed by atoms with E-state index in [0.29, 0.717) is 32.5 Å². The van der Waals surface area contributed by atoms with Crippen LogP contribution >= 0.6 is 0 Å². The lowest BCUT2D eigenvalue weighted by Crippen LogP contribution is -2.45. The van der Waals surface area contributed by atoms with Crippen LogP contribution in [-0.2, 0) is 4.79 Å². The fourth-order valence-corrected chi connectivity index (χ4v) is 3.84. The van der Waals surface area contributed by atoms with Crippen LogP contribution in [0.2, 0.25) is 0 Å². The van der Waals surface area contributed by atoms with Gasteiger partial charge in [-0.1, -0.05) is 60.4 Å². The van der Waals surface area contributed by atoms with Gasteiger partial charge in [-0.25, -0.2) is 0 Å². The van der Waals surface area contributed by atoms with Crippen LogP contribution < -0.4 is 5.32 Å². The Morgan fingerprint density at radius 3 is 2.70 bits per heavy atom. The summed E-state index contributed by atoms with van der Waals surface area (Å²) in [5, 5.41) is 15.7. The number of hydrogen-bond donors (Lipinski definition) is 2. The van der Waals surface area contributed by atoms with Crippen molar-refractivity contribution in [2.45, 2.75) is 45.8 Å². The maximum Gasteiger partial charge on any atom is 0.240 e. The van der Waals surface area contributed by atoms with Gasteiger partial charge in [-0.15, -0.1) is 0 Å². The van der Waals surface area contributed by atoms with Crippen LogP contribution in [0.4, 0.5) is 0 Å². The predicted molar refractivity (Wildman–Crippen MR) is 123 cm³/mol. The van der Waals surface area contributed by atoms with E-state index in [-0.39, 0.29) is 18.1 Å². The first kappa shape index (κ1) is 22.1. The summed E-state index contributed by atoms with van der Waals surface area (Å²) in [6.07, 6.45) is 4.82. The number of aliphatic hydroxyl groups is 1. The largest absolute Gasteiger partial charge is 0.393 e. The van der Waals surface area contributed by atoms with Crippen LogP contribution in [0.15, 0.2) is 54.6 Å². The summed E-state index contributed by atoms with van der Waals surface area (Å²) in [7, 11) is 0. The summed E-state index contributed by atoms with van der Waals surface area (Å²) in [6, 6.07) is 15.0. The number of allylic oxidation sites excluding steroid dienone is 1. The summed E-state index contributed by atoms with van der Waals surface area (Å²) in [4.78, 5) is 14.5. The normalized spacial score (nSPS) is 16.5. The van der Waals surface area contributed by atoms with Gasteiger partial charge in [0, 0.05) is 25.7 Å². The Morgan fingerprint density at radius 1 is 1.23 bits per heavy atom. The standard InChI is InChI=1S/C26H32N2O2/c1-20(23-13-9-11-21-10-5-6-12-24(21)23)27-17-8-4-7-16-26(2,3)25(30)28-18-14-22(29)15-19-28/h4-6,8-13,20,22,27,29H,14-15,17-19H2,1-3H3/t20-/m1/s1. The highest BCUT2D eigenvalue weighted by Gasteiger charge is 2.32. The number of hydrogen-bond acceptors (Lipinski definition) is 3. The first-order valence-electron chi connectivity index (χ1n) is 10.7. The summed E-state index contributed by atoms with van der Waals surface area (Å²) in [5.41, 5.74) is 0.557. The van der Waals surface area contributed by atoms with Gasteiger partial charge in [0.2, 0.25) is 5.91 Å². The first-order chi connectivity index (χ1) is 14.4. The summed E-state index contributed by atoms with van der Waals surface area (Å²) in [5.74, 6) is 6.16. The van der Waals surface area contributed by atoms with E-state index < -0.39 is 5.41 Å². The first-order valence-corrected chi connectivity index (χ1v) is 10.7. The van der Waals surface area contributed by atoms with Crippen LogP contribution in [0, 0.1) is 17.3 Å². The Morgan fingerprint density at radius 2 is 1.93 bits per heavy atom. The molecule has 4 nitrogen and oxygen atoms in total. The molecule has 0 aliphatic carbocycles. The molecule has 0 unspecified atom stereocenters. The van der Waals surface area contributed by atoms with Crippen molar-refractivity contribution >= 4 is 16.7 Å². The fraction of sp³-hybridized carbons (Fsp3) is 0.423. The highest BCUT2D eigenvalue weighted by atomic mass is 16.3. The number of fused-ring (bicyclic) bond motifs is 1. The second-order valence-corrected chi connectivity index (χ2v) is 8.52. The van der Waals surface area contributed by atoms with Gasteiger partial charge in [-0.05, 0) is 56.0 Å². The number of rotatable bonds is 5. The zero-order valence-corrected chi connectivity index (χ0v) is 18.2. The number of benzene rings is 2. The van der Waals surface area contributed by atoms with E-state index in [1.54, 1.807) is 0 Å². The molecular weight excluding hydrogens is 372 g/mol. The van der Waals surface area contributed by atoms with Crippen molar-refractivity contribution in [2.24, 2.45) is 5.41 Å². The van der Waals surface area contributed by atoms with Gasteiger partial charge in [0.15, 0.2) is 0 Å². The van der Waals surface area contributed by atoms with Crippen molar-refractivity contribution in [2.75, 3.05) is 19.6 Å². The molecule has 1 fully saturated rings. The quantitative estimate of drug-likeness (QED) is 0.739. The average Bonchev–Trinajstić information content (AvgIpc) is 2.75. The van der Waals surface area contributed by atoms with E-state index >= 15 is 0 Å². The average molecular weight is 405 g/mol. The van der Waals surface area contributed by atoms with Gasteiger partial charge in [-0.3, -0.25) is 4.79 Å². The number of amides is 1. The molecular formula is C26H32N2O2. The number of piperidine rings is 1. The molecule has 2 aromatic carbocycles. The molecule has 2 N–H and O–H groups in total. The summed E-state index contributed by atoms with van der Waals surface area (Å²) < 4.78 is 0. The maximum absolute atomic E-state index is 12.7. The van der Waals surface area contributed by atoms with Gasteiger partial charge in [0.05, 0.1) is 6.10 Å². The number of nitrogens with zero attached hydrogens (tertiary/aromatic N) is 1. The summed E-state index contributed by atoms with van der Waals surface area (Å²) >= 11 is 0. The minimum absolute atomic E-state index is 0.0398. The van der Waals surface area contributed by atoms with Crippen molar-refractivity contribution in [3.05, 3.63) is 60.2 Å². The molecule has 1 atom stereocenters.